The molecule has 248 valence electrons. The van der Waals surface area contributed by atoms with Gasteiger partial charge in [0, 0.05) is 27.9 Å². The zero-order valence-electron chi connectivity index (χ0n) is 27.5. The van der Waals surface area contributed by atoms with E-state index in [0.29, 0.717) is 0 Å². The largest absolute Gasteiger partial charge is 0.456 e. The second-order valence-electron chi connectivity index (χ2n) is 12.6. The van der Waals surface area contributed by atoms with E-state index in [4.69, 9.17) is 13.9 Å². The number of nitrogens with one attached hydrogen (secondary N) is 1. The molecule has 3 heterocycles. The number of nitrogens with zero attached hydrogens (tertiary/aromatic N) is 5. The molecule has 0 unspecified atom stereocenters. The Balaban J connectivity index is 1.60. The number of thioether (sulfide) groups is 1. The van der Waals surface area contributed by atoms with Crippen molar-refractivity contribution in [3.05, 3.63) is 77.3 Å². The maximum atomic E-state index is 12.9. The molecular weight excluding hydrogens is 637 g/mol. The Morgan fingerprint density at radius 3 is 2.23 bits per heavy atom. The fraction of sp³-hybridized carbons (Fsp3) is 0.394. The number of aromatic amines is 1. The van der Waals surface area contributed by atoms with Gasteiger partial charge in [0.05, 0.1) is 30.6 Å². The molecule has 0 amide bonds. The number of carbonyl (C=O) groups is 2. The lowest BCUT2D eigenvalue weighted by Gasteiger charge is -2.43. The van der Waals surface area contributed by atoms with E-state index in [1.54, 1.807) is 23.6 Å². The summed E-state index contributed by atoms with van der Waals surface area (Å²) in [4.78, 5) is 55.5. The van der Waals surface area contributed by atoms with Crippen LogP contribution in [0.3, 0.4) is 0 Å². The second-order valence-corrected chi connectivity index (χ2v) is 18.3. The molecule has 0 radical (unpaired) electrons. The van der Waals surface area contributed by atoms with Crippen molar-refractivity contribution < 1.29 is 23.5 Å². The van der Waals surface area contributed by atoms with E-state index >= 15 is 0 Å². The molecule has 4 aromatic rings. The molecule has 2 aromatic carbocycles. The van der Waals surface area contributed by atoms with Gasteiger partial charge in [-0.25, -0.2) is 9.98 Å². The molecule has 1 aliphatic heterocycles. The van der Waals surface area contributed by atoms with Gasteiger partial charge >= 0.3 is 5.97 Å². The maximum Gasteiger partial charge on any atom is 0.303 e. The topological polar surface area (TPSA) is 141 Å². The predicted octanol–water partition coefficient (Wildman–Crippen LogP) is 3.40. The summed E-state index contributed by atoms with van der Waals surface area (Å²) in [5.74, 6) is -0.473. The molecule has 0 bridgehead atoms. The molecule has 1 saturated heterocycles. The lowest BCUT2D eigenvalue weighted by Crippen LogP contribution is -2.67. The van der Waals surface area contributed by atoms with E-state index in [1.807, 2.05) is 36.4 Å². The fourth-order valence-corrected chi connectivity index (χ4v) is 11.6. The van der Waals surface area contributed by atoms with Gasteiger partial charge in [-0.05, 0) is 15.4 Å². The number of fused-ring (bicyclic) bond motifs is 1. The highest BCUT2D eigenvalue weighted by Crippen LogP contribution is 2.42. The summed E-state index contributed by atoms with van der Waals surface area (Å²) >= 11 is 1.04. The van der Waals surface area contributed by atoms with E-state index in [1.165, 1.54) is 26.5 Å². The molecule has 5 rings (SSSR count). The zero-order chi connectivity index (χ0) is 33.9. The zero-order valence-corrected chi connectivity index (χ0v) is 29.4. The number of hydrogen-bond donors (Lipinski definition) is 1. The maximum absolute atomic E-state index is 12.9. The molecule has 0 aliphatic carbocycles. The molecule has 12 nitrogen and oxygen atoms in total. The Labute approximate surface area is 278 Å². The lowest BCUT2D eigenvalue weighted by molar-refractivity contribution is -0.152. The Morgan fingerprint density at radius 2 is 1.70 bits per heavy atom. The highest BCUT2D eigenvalue weighted by molar-refractivity contribution is 8.14. The van der Waals surface area contributed by atoms with E-state index in [0.717, 1.165) is 22.1 Å². The van der Waals surface area contributed by atoms with Crippen LogP contribution in [0.1, 0.15) is 40.8 Å². The third kappa shape index (κ3) is 7.10. The summed E-state index contributed by atoms with van der Waals surface area (Å²) in [7, 11) is 0.603. The molecule has 4 atom stereocenters. The van der Waals surface area contributed by atoms with Crippen LogP contribution in [0.2, 0.25) is 5.04 Å². The number of rotatable bonds is 10. The Kier molecular flexibility index (Phi) is 10.1. The van der Waals surface area contributed by atoms with Crippen molar-refractivity contribution in [3.63, 3.8) is 0 Å². The number of imidazole rings is 1. The van der Waals surface area contributed by atoms with Crippen LogP contribution in [0.25, 0.3) is 11.2 Å². The molecule has 1 aliphatic rings. The number of carbonyl (C=O) groups excluding carboxylic acids is 2. The first kappa shape index (κ1) is 34.2. The van der Waals surface area contributed by atoms with E-state index < -0.39 is 43.5 Å². The van der Waals surface area contributed by atoms with Gasteiger partial charge in [-0.1, -0.05) is 93.2 Å². The monoisotopic (exact) mass is 676 g/mol. The standard InChI is InChI=1S/C33H40N6O6SSi/c1-21(40)44-27-28(46-22(2)41)25(45-31(27)39-20-34-26-29(39)36-32(37-30(26)42)35-19-38(6)7)18-43-47(33(3,4)5,23-14-10-8-11-15-23)24-16-12-9-13-17-24/h8-17,19-20,25,27-28,31H,18H2,1-7H3,(H,36,37,42)/b35-19+/t25-,27-,28-,31-/m1/s1. The number of hydrogen-bond acceptors (Lipinski definition) is 10. The summed E-state index contributed by atoms with van der Waals surface area (Å²) < 4.78 is 21.3. The molecule has 2 aromatic heterocycles. The normalized spacial score (nSPS) is 20.1. The van der Waals surface area contributed by atoms with Gasteiger partial charge in [-0.15, -0.1) is 0 Å². The van der Waals surface area contributed by atoms with Crippen LogP contribution in [0, 0.1) is 0 Å². The third-order valence-corrected chi connectivity index (χ3v) is 14.1. The minimum absolute atomic E-state index is 0.0706. The number of aromatic nitrogens is 4. The average molecular weight is 677 g/mol. The molecule has 0 saturated carbocycles. The van der Waals surface area contributed by atoms with Gasteiger partial charge in [0.15, 0.2) is 28.6 Å². The van der Waals surface area contributed by atoms with E-state index in [-0.39, 0.29) is 33.9 Å². The minimum atomic E-state index is -2.98. The second kappa shape index (κ2) is 13.9. The summed E-state index contributed by atoms with van der Waals surface area (Å²) in [5, 5.41) is 1.08. The van der Waals surface area contributed by atoms with Crippen molar-refractivity contribution >= 4 is 65.0 Å². The van der Waals surface area contributed by atoms with Gasteiger partial charge in [0.1, 0.15) is 0 Å². The quantitative estimate of drug-likeness (QED) is 0.115. The molecule has 14 heteroatoms. The first-order chi connectivity index (χ1) is 22.3. The number of H-pyrrole nitrogens is 1. The summed E-state index contributed by atoms with van der Waals surface area (Å²) in [6, 6.07) is 20.4. The van der Waals surface area contributed by atoms with Crippen LogP contribution in [-0.2, 0) is 23.5 Å². The number of aliphatic imine (C=N–C) groups is 1. The van der Waals surface area contributed by atoms with E-state index in [2.05, 4.69) is 65.0 Å². The smallest absolute Gasteiger partial charge is 0.303 e. The van der Waals surface area contributed by atoms with E-state index in [9.17, 15) is 14.4 Å². The third-order valence-electron chi connectivity index (χ3n) is 7.88. The van der Waals surface area contributed by atoms with Gasteiger partial charge in [-0.2, -0.15) is 4.98 Å². The van der Waals surface area contributed by atoms with Crippen LogP contribution < -0.4 is 15.9 Å². The summed E-state index contributed by atoms with van der Waals surface area (Å²) in [6.07, 6.45) is 0.352. The van der Waals surface area contributed by atoms with Gasteiger partial charge in [0.25, 0.3) is 13.9 Å². The summed E-state index contributed by atoms with van der Waals surface area (Å²) in [5.41, 5.74) is -0.216. The molecule has 47 heavy (non-hydrogen) atoms. The number of benzene rings is 2. The van der Waals surface area contributed by atoms with Crippen LogP contribution in [0.15, 0.2) is 76.8 Å². The lowest BCUT2D eigenvalue weighted by atomic mass is 10.2. The van der Waals surface area contributed by atoms with Gasteiger partial charge in [-0.3, -0.25) is 23.9 Å². The summed E-state index contributed by atoms with van der Waals surface area (Å²) in [6.45, 7) is 9.41. The van der Waals surface area contributed by atoms with Crippen molar-refractivity contribution in [1.29, 1.82) is 0 Å². The van der Waals surface area contributed by atoms with Crippen molar-refractivity contribution in [2.45, 2.75) is 63.3 Å². The minimum Gasteiger partial charge on any atom is -0.456 e. The fourth-order valence-electron chi connectivity index (χ4n) is 6.02. The Hall–Kier alpha value is -4.11. The Morgan fingerprint density at radius 1 is 1.09 bits per heavy atom. The number of ether oxygens (including phenoxy) is 2. The molecule has 1 N–H and O–H groups in total. The predicted molar refractivity (Wildman–Crippen MR) is 185 cm³/mol. The average Bonchev–Trinajstić information content (AvgIpc) is 3.58. The van der Waals surface area contributed by atoms with Crippen LogP contribution in [0.4, 0.5) is 5.95 Å². The SMILES string of the molecule is CC(=O)O[C@@H]1[C@H](SC(C)=O)[C@@H](CO[Si](c2ccccc2)(c2ccccc2)C(C)(C)C)O[C@H]1n1cnc2c(=O)[nH]c(/N=C/N(C)C)nc21. The van der Waals surface area contributed by atoms with Crippen molar-refractivity contribution in [3.8, 4) is 0 Å². The molecule has 1 fully saturated rings. The van der Waals surface area contributed by atoms with Gasteiger partial charge in [0.2, 0.25) is 5.95 Å². The van der Waals surface area contributed by atoms with Gasteiger partial charge < -0.3 is 18.8 Å². The highest BCUT2D eigenvalue weighted by atomic mass is 32.2. The molecular formula is C33H40N6O6SSi. The van der Waals surface area contributed by atoms with Crippen molar-refractivity contribution in [2.75, 3.05) is 20.7 Å². The first-order valence-corrected chi connectivity index (χ1v) is 18.0. The van der Waals surface area contributed by atoms with Crippen LogP contribution in [0.5, 0.6) is 0 Å². The highest BCUT2D eigenvalue weighted by Gasteiger charge is 2.54. The first-order valence-electron chi connectivity index (χ1n) is 15.2. The number of esters is 1. The van der Waals surface area contributed by atoms with Crippen LogP contribution in [-0.4, -0.2) is 88.3 Å². The van der Waals surface area contributed by atoms with Crippen molar-refractivity contribution in [2.24, 2.45) is 4.99 Å². The molecule has 0 spiro atoms. The van der Waals surface area contributed by atoms with Crippen molar-refractivity contribution in [1.82, 2.24) is 24.4 Å². The van der Waals surface area contributed by atoms with Crippen LogP contribution >= 0.6 is 11.8 Å². The Bertz CT molecular complexity index is 1770.